The first-order chi connectivity index (χ1) is 10.1. The molecule has 0 aromatic carbocycles. The number of ether oxygens (including phenoxy) is 2. The van der Waals surface area contributed by atoms with Gasteiger partial charge in [0.15, 0.2) is 5.79 Å². The number of hydrogen-bond acceptors (Lipinski definition) is 3. The zero-order valence-corrected chi connectivity index (χ0v) is 15.7. The van der Waals surface area contributed by atoms with Crippen molar-refractivity contribution in [2.24, 2.45) is 5.92 Å². The van der Waals surface area contributed by atoms with Gasteiger partial charge in [-0.25, -0.2) is 0 Å². The van der Waals surface area contributed by atoms with Crippen LogP contribution in [-0.4, -0.2) is 24.8 Å². The highest BCUT2D eigenvalue weighted by Crippen LogP contribution is 2.32. The molecular formula is C18H38O2S. The molecule has 0 aliphatic heterocycles. The molecule has 0 radical (unpaired) electrons. The second-order valence-corrected chi connectivity index (χ2v) is 6.45. The third kappa shape index (κ3) is 9.80. The van der Waals surface area contributed by atoms with Gasteiger partial charge in [-0.05, 0) is 45.8 Å². The van der Waals surface area contributed by atoms with Gasteiger partial charge in [0, 0.05) is 19.1 Å². The van der Waals surface area contributed by atoms with Gasteiger partial charge in [-0.15, -0.1) is 0 Å². The summed E-state index contributed by atoms with van der Waals surface area (Å²) in [5.74, 6) is 1.01. The van der Waals surface area contributed by atoms with Crippen LogP contribution in [0.1, 0.15) is 85.5 Å². The topological polar surface area (TPSA) is 18.5 Å². The van der Waals surface area contributed by atoms with E-state index in [0.717, 1.165) is 18.6 Å². The Kier molecular flexibility index (Phi) is 14.1. The fourth-order valence-electron chi connectivity index (χ4n) is 3.03. The lowest BCUT2D eigenvalue weighted by Gasteiger charge is -2.37. The first-order valence-electron chi connectivity index (χ1n) is 9.03. The van der Waals surface area contributed by atoms with Crippen molar-refractivity contribution in [1.82, 2.24) is 0 Å². The van der Waals surface area contributed by atoms with E-state index in [4.69, 9.17) is 9.47 Å². The largest absolute Gasteiger partial charge is 0.350 e. The molecule has 2 nitrogen and oxygen atoms in total. The smallest absolute Gasteiger partial charge is 0.168 e. The van der Waals surface area contributed by atoms with E-state index >= 15 is 0 Å². The number of rotatable bonds is 15. The van der Waals surface area contributed by atoms with Gasteiger partial charge in [0.2, 0.25) is 0 Å². The van der Waals surface area contributed by atoms with Crippen molar-refractivity contribution in [3.8, 4) is 0 Å². The summed E-state index contributed by atoms with van der Waals surface area (Å²) in [4.78, 5) is 0. The summed E-state index contributed by atoms with van der Waals surface area (Å²) in [6.45, 7) is 9.92. The van der Waals surface area contributed by atoms with Gasteiger partial charge < -0.3 is 9.47 Å². The van der Waals surface area contributed by atoms with Crippen molar-refractivity contribution in [2.45, 2.75) is 91.3 Å². The molecule has 0 spiro atoms. The number of thiol groups is 1. The molecule has 0 aromatic rings. The molecule has 0 fully saturated rings. The predicted molar refractivity (Wildman–Crippen MR) is 96.2 cm³/mol. The average molecular weight is 319 g/mol. The first-order valence-corrected chi connectivity index (χ1v) is 9.66. The minimum atomic E-state index is -0.421. The van der Waals surface area contributed by atoms with Gasteiger partial charge in [-0.3, -0.25) is 0 Å². The number of hydrogen-bond donors (Lipinski definition) is 1. The first kappa shape index (κ1) is 21.3. The molecule has 1 atom stereocenters. The van der Waals surface area contributed by atoms with E-state index in [1.54, 1.807) is 0 Å². The van der Waals surface area contributed by atoms with Crippen molar-refractivity contribution < 1.29 is 9.47 Å². The molecule has 3 heteroatoms. The van der Waals surface area contributed by atoms with Crippen molar-refractivity contribution in [3.63, 3.8) is 0 Å². The lowest BCUT2D eigenvalue weighted by Crippen LogP contribution is -2.41. The Morgan fingerprint density at radius 3 is 1.86 bits per heavy atom. The van der Waals surface area contributed by atoms with Crippen LogP contribution in [0.15, 0.2) is 0 Å². The Morgan fingerprint density at radius 2 is 1.33 bits per heavy atom. The predicted octanol–water partition coefficient (Wildman–Crippen LogP) is 5.85. The monoisotopic (exact) mass is 318 g/mol. The standard InChI is InChI=1S/C18H38O2S/c1-5-8-9-10-11-12-14-17(15-13-16-21)18(4,19-6-2)20-7-3/h17,21H,5-16H2,1-4H3. The summed E-state index contributed by atoms with van der Waals surface area (Å²) in [6.07, 6.45) is 11.6. The van der Waals surface area contributed by atoms with Gasteiger partial charge in [0.05, 0.1) is 0 Å². The summed E-state index contributed by atoms with van der Waals surface area (Å²) < 4.78 is 12.0. The van der Waals surface area contributed by atoms with Crippen LogP contribution < -0.4 is 0 Å². The molecule has 1 unspecified atom stereocenters. The minimum absolute atomic E-state index is 0.421. The molecule has 0 bridgehead atoms. The van der Waals surface area contributed by atoms with E-state index in [1.807, 2.05) is 0 Å². The van der Waals surface area contributed by atoms with Gasteiger partial charge in [0.1, 0.15) is 0 Å². The highest BCUT2D eigenvalue weighted by molar-refractivity contribution is 7.80. The highest BCUT2D eigenvalue weighted by Gasteiger charge is 2.34. The molecule has 0 saturated carbocycles. The maximum Gasteiger partial charge on any atom is 0.168 e. The fourth-order valence-corrected chi connectivity index (χ4v) is 3.21. The summed E-state index contributed by atoms with van der Waals surface area (Å²) in [6, 6.07) is 0. The molecule has 0 rings (SSSR count). The Morgan fingerprint density at radius 1 is 0.810 bits per heavy atom. The minimum Gasteiger partial charge on any atom is -0.350 e. The van der Waals surface area contributed by atoms with E-state index in [1.165, 1.54) is 44.9 Å². The Hall–Kier alpha value is 0.270. The molecule has 0 amide bonds. The van der Waals surface area contributed by atoms with Crippen LogP contribution in [0.2, 0.25) is 0 Å². The highest BCUT2D eigenvalue weighted by atomic mass is 32.1. The number of unbranched alkanes of at least 4 members (excludes halogenated alkanes) is 5. The van der Waals surface area contributed by atoms with E-state index in [-0.39, 0.29) is 0 Å². The molecule has 0 N–H and O–H groups in total. The molecule has 0 heterocycles. The maximum atomic E-state index is 5.98. The zero-order valence-electron chi connectivity index (χ0n) is 14.8. The molecule has 128 valence electrons. The fraction of sp³-hybridized carbons (Fsp3) is 1.00. The van der Waals surface area contributed by atoms with Crippen LogP contribution in [0.5, 0.6) is 0 Å². The van der Waals surface area contributed by atoms with Crippen LogP contribution in [0.25, 0.3) is 0 Å². The van der Waals surface area contributed by atoms with Crippen LogP contribution in [0.3, 0.4) is 0 Å². The van der Waals surface area contributed by atoms with E-state index < -0.39 is 5.79 Å². The Balaban J connectivity index is 4.32. The zero-order chi connectivity index (χ0) is 16.0. The van der Waals surface area contributed by atoms with E-state index in [2.05, 4.69) is 40.3 Å². The van der Waals surface area contributed by atoms with Gasteiger partial charge in [-0.2, -0.15) is 12.6 Å². The average Bonchev–Trinajstić information content (AvgIpc) is 2.46. The van der Waals surface area contributed by atoms with Crippen LogP contribution in [-0.2, 0) is 9.47 Å². The van der Waals surface area contributed by atoms with Crippen LogP contribution >= 0.6 is 12.6 Å². The van der Waals surface area contributed by atoms with Gasteiger partial charge in [-0.1, -0.05) is 45.4 Å². The molecular weight excluding hydrogens is 280 g/mol. The molecule has 21 heavy (non-hydrogen) atoms. The SMILES string of the molecule is CCCCCCCCC(CCCS)C(C)(OCC)OCC. The summed E-state index contributed by atoms with van der Waals surface area (Å²) >= 11 is 4.36. The third-order valence-corrected chi connectivity index (χ3v) is 4.54. The molecule has 0 aromatic heterocycles. The van der Waals surface area contributed by atoms with Crippen molar-refractivity contribution in [2.75, 3.05) is 19.0 Å². The molecule has 0 aliphatic carbocycles. The van der Waals surface area contributed by atoms with E-state index in [0.29, 0.717) is 19.1 Å². The van der Waals surface area contributed by atoms with Crippen molar-refractivity contribution >= 4 is 12.6 Å². The normalized spacial score (nSPS) is 13.6. The van der Waals surface area contributed by atoms with Gasteiger partial charge >= 0.3 is 0 Å². The maximum absolute atomic E-state index is 5.98. The van der Waals surface area contributed by atoms with Gasteiger partial charge in [0.25, 0.3) is 0 Å². The molecule has 0 aliphatic rings. The van der Waals surface area contributed by atoms with E-state index in [9.17, 15) is 0 Å². The van der Waals surface area contributed by atoms with Crippen molar-refractivity contribution in [3.05, 3.63) is 0 Å². The second-order valence-electron chi connectivity index (χ2n) is 6.00. The second kappa shape index (κ2) is 13.9. The lowest BCUT2D eigenvalue weighted by molar-refractivity contribution is -0.254. The summed E-state index contributed by atoms with van der Waals surface area (Å²) in [5, 5.41) is 0. The Labute approximate surface area is 138 Å². The summed E-state index contributed by atoms with van der Waals surface area (Å²) in [5.41, 5.74) is 0. The van der Waals surface area contributed by atoms with Crippen LogP contribution in [0, 0.1) is 5.92 Å². The quantitative estimate of drug-likeness (QED) is 0.232. The van der Waals surface area contributed by atoms with Crippen LogP contribution in [0.4, 0.5) is 0 Å². The molecule has 0 saturated heterocycles. The third-order valence-electron chi connectivity index (χ3n) is 4.22. The lowest BCUT2D eigenvalue weighted by atomic mass is 9.88. The summed E-state index contributed by atoms with van der Waals surface area (Å²) in [7, 11) is 0. The van der Waals surface area contributed by atoms with Crippen molar-refractivity contribution in [1.29, 1.82) is 0 Å². The Bertz CT molecular complexity index is 215.